The summed E-state index contributed by atoms with van der Waals surface area (Å²) in [6.07, 6.45) is 0.887. The van der Waals surface area contributed by atoms with Crippen LogP contribution in [-0.2, 0) is 4.79 Å². The molecule has 1 aromatic carbocycles. The van der Waals surface area contributed by atoms with Crippen LogP contribution >= 0.6 is 0 Å². The van der Waals surface area contributed by atoms with Gasteiger partial charge in [0.25, 0.3) is 0 Å². The molecule has 0 saturated heterocycles. The average Bonchev–Trinajstić information content (AvgIpc) is 2.48. The van der Waals surface area contributed by atoms with E-state index in [9.17, 15) is 9.90 Å². The quantitative estimate of drug-likeness (QED) is 0.711. The van der Waals surface area contributed by atoms with Gasteiger partial charge in [0, 0.05) is 13.0 Å². The fourth-order valence-corrected chi connectivity index (χ4v) is 2.01. The Kier molecular flexibility index (Phi) is 7.46. The molecule has 0 saturated carbocycles. The first kappa shape index (κ1) is 18.0. The monoisotopic (exact) mass is 307 g/mol. The van der Waals surface area contributed by atoms with Crippen LogP contribution in [0.1, 0.15) is 20.8 Å². The second kappa shape index (κ2) is 9.10. The molecule has 5 nitrogen and oxygen atoms in total. The van der Waals surface area contributed by atoms with Crippen LogP contribution < -0.4 is 9.47 Å². The van der Waals surface area contributed by atoms with Gasteiger partial charge in [-0.05, 0) is 26.0 Å². The molecule has 0 aliphatic heterocycles. The standard InChI is InChI=1S/C17H25NO4/c1-5-10-21-16-8-6-7-9-17(16)22-12-15(20)11-18(13(2)3)14(4)19/h5-9,13,15,20H,1,10-12H2,2-4H3. The van der Waals surface area contributed by atoms with Gasteiger partial charge in [0.05, 0.1) is 6.54 Å². The van der Waals surface area contributed by atoms with Crippen molar-refractivity contribution in [2.45, 2.75) is 32.9 Å². The zero-order chi connectivity index (χ0) is 16.5. The van der Waals surface area contributed by atoms with Crippen LogP contribution in [0.2, 0.25) is 0 Å². The highest BCUT2D eigenvalue weighted by atomic mass is 16.5. The van der Waals surface area contributed by atoms with E-state index in [0.717, 1.165) is 0 Å². The van der Waals surface area contributed by atoms with Crippen LogP contribution in [0, 0.1) is 0 Å². The zero-order valence-corrected chi connectivity index (χ0v) is 13.5. The first-order valence-electron chi connectivity index (χ1n) is 7.36. The Hall–Kier alpha value is -2.01. The lowest BCUT2D eigenvalue weighted by Gasteiger charge is -2.27. The average molecular weight is 307 g/mol. The topological polar surface area (TPSA) is 59.0 Å². The van der Waals surface area contributed by atoms with Crippen LogP contribution in [0.5, 0.6) is 11.5 Å². The van der Waals surface area contributed by atoms with E-state index in [4.69, 9.17) is 9.47 Å². The van der Waals surface area contributed by atoms with Gasteiger partial charge in [-0.25, -0.2) is 0 Å². The summed E-state index contributed by atoms with van der Waals surface area (Å²) in [4.78, 5) is 13.1. The van der Waals surface area contributed by atoms with Crippen LogP contribution in [0.3, 0.4) is 0 Å². The number of rotatable bonds is 9. The minimum Gasteiger partial charge on any atom is -0.487 e. The molecule has 122 valence electrons. The fourth-order valence-electron chi connectivity index (χ4n) is 2.01. The number of ether oxygens (including phenoxy) is 2. The number of aliphatic hydroxyl groups excluding tert-OH is 1. The van der Waals surface area contributed by atoms with E-state index >= 15 is 0 Å². The summed E-state index contributed by atoms with van der Waals surface area (Å²) in [5, 5.41) is 10.1. The molecule has 1 N–H and O–H groups in total. The van der Waals surface area contributed by atoms with Gasteiger partial charge in [0.1, 0.15) is 19.3 Å². The lowest BCUT2D eigenvalue weighted by atomic mass is 10.2. The van der Waals surface area contributed by atoms with Gasteiger partial charge in [0.2, 0.25) is 5.91 Å². The third-order valence-electron chi connectivity index (χ3n) is 3.07. The van der Waals surface area contributed by atoms with E-state index in [2.05, 4.69) is 6.58 Å². The fraction of sp³-hybridized carbons (Fsp3) is 0.471. The normalized spacial score (nSPS) is 11.9. The summed E-state index contributed by atoms with van der Waals surface area (Å²) >= 11 is 0. The molecule has 22 heavy (non-hydrogen) atoms. The van der Waals surface area contributed by atoms with Gasteiger partial charge in [0.15, 0.2) is 11.5 Å². The SMILES string of the molecule is C=CCOc1ccccc1OCC(O)CN(C(C)=O)C(C)C. The zero-order valence-electron chi connectivity index (χ0n) is 13.5. The number of nitrogens with zero attached hydrogens (tertiary/aromatic N) is 1. The second-order valence-electron chi connectivity index (χ2n) is 5.28. The molecule has 0 bridgehead atoms. The second-order valence-corrected chi connectivity index (χ2v) is 5.28. The number of benzene rings is 1. The third kappa shape index (κ3) is 5.77. The molecule has 0 aliphatic carbocycles. The Morgan fingerprint density at radius 1 is 1.32 bits per heavy atom. The van der Waals surface area contributed by atoms with Crippen LogP contribution in [0.15, 0.2) is 36.9 Å². The van der Waals surface area contributed by atoms with Crippen molar-refractivity contribution in [2.24, 2.45) is 0 Å². The van der Waals surface area contributed by atoms with E-state index < -0.39 is 6.10 Å². The molecular weight excluding hydrogens is 282 g/mol. The van der Waals surface area contributed by atoms with Crippen molar-refractivity contribution in [1.29, 1.82) is 0 Å². The van der Waals surface area contributed by atoms with Crippen molar-refractivity contribution in [3.05, 3.63) is 36.9 Å². The van der Waals surface area contributed by atoms with E-state index in [1.165, 1.54) is 6.92 Å². The third-order valence-corrected chi connectivity index (χ3v) is 3.07. The summed E-state index contributed by atoms with van der Waals surface area (Å²) in [6.45, 7) is 9.62. The number of aliphatic hydroxyl groups is 1. The number of hydrogen-bond donors (Lipinski definition) is 1. The molecular formula is C17H25NO4. The maximum atomic E-state index is 11.5. The van der Waals surface area contributed by atoms with Gasteiger partial charge in [-0.3, -0.25) is 4.79 Å². The molecule has 0 fully saturated rings. The number of carbonyl (C=O) groups is 1. The first-order chi connectivity index (χ1) is 10.5. The van der Waals surface area contributed by atoms with Crippen molar-refractivity contribution in [2.75, 3.05) is 19.8 Å². The maximum Gasteiger partial charge on any atom is 0.219 e. The molecule has 1 rings (SSSR count). The molecule has 0 aromatic heterocycles. The Labute approximate surface area is 132 Å². The van der Waals surface area contributed by atoms with Gasteiger partial charge < -0.3 is 19.5 Å². The van der Waals surface area contributed by atoms with Crippen molar-refractivity contribution >= 4 is 5.91 Å². The predicted molar refractivity (Wildman–Crippen MR) is 86.2 cm³/mol. The lowest BCUT2D eigenvalue weighted by molar-refractivity contribution is -0.132. The highest BCUT2D eigenvalue weighted by Gasteiger charge is 2.18. The summed E-state index contributed by atoms with van der Waals surface area (Å²) in [7, 11) is 0. The number of amides is 1. The van der Waals surface area contributed by atoms with E-state index in [0.29, 0.717) is 18.1 Å². The Morgan fingerprint density at radius 2 is 1.91 bits per heavy atom. The molecule has 0 aliphatic rings. The molecule has 5 heteroatoms. The maximum absolute atomic E-state index is 11.5. The minimum atomic E-state index is -0.765. The predicted octanol–water partition coefficient (Wildman–Crippen LogP) is 2.25. The first-order valence-corrected chi connectivity index (χ1v) is 7.36. The van der Waals surface area contributed by atoms with Gasteiger partial charge in [-0.15, -0.1) is 0 Å². The van der Waals surface area contributed by atoms with Crippen molar-refractivity contribution in [3.8, 4) is 11.5 Å². The van der Waals surface area contributed by atoms with Crippen LogP contribution in [0.25, 0.3) is 0 Å². The minimum absolute atomic E-state index is 0.0374. The summed E-state index contributed by atoms with van der Waals surface area (Å²) in [5.74, 6) is 1.09. The Balaban J connectivity index is 2.58. The molecule has 1 atom stereocenters. The molecule has 1 aromatic rings. The number of para-hydroxylation sites is 2. The highest BCUT2D eigenvalue weighted by molar-refractivity contribution is 5.73. The largest absolute Gasteiger partial charge is 0.487 e. The van der Waals surface area contributed by atoms with Crippen LogP contribution in [-0.4, -0.2) is 47.8 Å². The van der Waals surface area contributed by atoms with Gasteiger partial charge in [-0.2, -0.15) is 0 Å². The Morgan fingerprint density at radius 3 is 2.41 bits per heavy atom. The smallest absolute Gasteiger partial charge is 0.219 e. The van der Waals surface area contributed by atoms with E-state index in [1.807, 2.05) is 26.0 Å². The van der Waals surface area contributed by atoms with E-state index in [-0.39, 0.29) is 25.1 Å². The van der Waals surface area contributed by atoms with Crippen molar-refractivity contribution in [1.82, 2.24) is 4.90 Å². The van der Waals surface area contributed by atoms with Crippen LogP contribution in [0.4, 0.5) is 0 Å². The number of hydrogen-bond acceptors (Lipinski definition) is 4. The number of carbonyl (C=O) groups excluding carboxylic acids is 1. The lowest BCUT2D eigenvalue weighted by Crippen LogP contribution is -2.42. The van der Waals surface area contributed by atoms with E-state index in [1.54, 1.807) is 23.1 Å². The van der Waals surface area contributed by atoms with Crippen molar-refractivity contribution < 1.29 is 19.4 Å². The van der Waals surface area contributed by atoms with Gasteiger partial charge >= 0.3 is 0 Å². The van der Waals surface area contributed by atoms with Crippen molar-refractivity contribution in [3.63, 3.8) is 0 Å². The molecule has 0 radical (unpaired) electrons. The summed E-state index contributed by atoms with van der Waals surface area (Å²) in [5.41, 5.74) is 0. The summed E-state index contributed by atoms with van der Waals surface area (Å²) < 4.78 is 11.1. The highest BCUT2D eigenvalue weighted by Crippen LogP contribution is 2.26. The molecule has 1 unspecified atom stereocenters. The molecule has 0 heterocycles. The Bertz CT molecular complexity index is 487. The van der Waals surface area contributed by atoms with Gasteiger partial charge in [-0.1, -0.05) is 24.8 Å². The summed E-state index contributed by atoms with van der Waals surface area (Å²) in [6, 6.07) is 7.28. The molecule has 1 amide bonds. The molecule has 0 spiro atoms.